The van der Waals surface area contributed by atoms with Gasteiger partial charge in [-0.2, -0.15) is 5.10 Å². The third kappa shape index (κ3) is 6.67. The van der Waals surface area contributed by atoms with E-state index in [4.69, 9.17) is 9.62 Å². The van der Waals surface area contributed by atoms with E-state index in [9.17, 15) is 9.59 Å². The van der Waals surface area contributed by atoms with Gasteiger partial charge in [0.1, 0.15) is 17.6 Å². The summed E-state index contributed by atoms with van der Waals surface area (Å²) in [5.41, 5.74) is 5.87. The highest BCUT2D eigenvalue weighted by atomic mass is 16.5. The van der Waals surface area contributed by atoms with Crippen molar-refractivity contribution in [3.63, 3.8) is 0 Å². The summed E-state index contributed by atoms with van der Waals surface area (Å²) in [6.45, 7) is 11.6. The summed E-state index contributed by atoms with van der Waals surface area (Å²) in [6, 6.07) is 17.6. The Morgan fingerprint density at radius 2 is 1.66 bits per heavy atom. The topological polar surface area (TPSA) is 105 Å². The molecule has 5 rings (SSSR count). The zero-order valence-electron chi connectivity index (χ0n) is 24.4. The number of nitrogens with zero attached hydrogens (tertiary/aromatic N) is 4. The Balaban J connectivity index is 1.17. The Kier molecular flexibility index (Phi) is 7.97. The van der Waals surface area contributed by atoms with Gasteiger partial charge in [-0.15, -0.1) is 0 Å². The molecule has 1 aliphatic rings. The van der Waals surface area contributed by atoms with Crippen LogP contribution in [0.25, 0.3) is 5.69 Å². The number of carbonyl (C=O) groups is 2. The molecule has 9 heteroatoms. The highest BCUT2D eigenvalue weighted by Crippen LogP contribution is 2.27. The summed E-state index contributed by atoms with van der Waals surface area (Å²) in [5.74, 6) is 1.10. The van der Waals surface area contributed by atoms with Crippen LogP contribution in [0.2, 0.25) is 0 Å². The maximum atomic E-state index is 13.0. The molecule has 2 aromatic carbocycles. The van der Waals surface area contributed by atoms with Gasteiger partial charge in [-0.3, -0.25) is 10.1 Å². The van der Waals surface area contributed by atoms with Gasteiger partial charge in [0.2, 0.25) is 0 Å². The monoisotopic (exact) mass is 554 g/mol. The Hall–Kier alpha value is -4.40. The van der Waals surface area contributed by atoms with Crippen LogP contribution in [0.1, 0.15) is 66.5 Å². The van der Waals surface area contributed by atoms with Crippen LogP contribution in [0.4, 0.5) is 16.3 Å². The first-order chi connectivity index (χ1) is 19.6. The maximum Gasteiger partial charge on any atom is 0.324 e. The molecule has 3 heterocycles. The van der Waals surface area contributed by atoms with E-state index in [2.05, 4.69) is 48.7 Å². The van der Waals surface area contributed by atoms with Crippen molar-refractivity contribution < 1.29 is 14.1 Å². The Morgan fingerprint density at radius 1 is 0.976 bits per heavy atom. The van der Waals surface area contributed by atoms with Gasteiger partial charge in [-0.05, 0) is 68.9 Å². The van der Waals surface area contributed by atoms with Gasteiger partial charge in [0.15, 0.2) is 0 Å². The minimum Gasteiger partial charge on any atom is -0.364 e. The standard InChI is InChI=1S/C32H38N6O3/c1-21-6-12-26(13-7-21)38-29(19-28(35-38)32(3,4)5)34-31(40)33-25-10-8-23(9-11-25)18-24-14-16-37(17-15-24)30(39)27-20-41-36-22(27)2/h6-13,19-20,24H,14-18H2,1-5H3,(H2,33,34,40). The van der Waals surface area contributed by atoms with Gasteiger partial charge in [0, 0.05) is 30.3 Å². The second-order valence-corrected chi connectivity index (χ2v) is 11.9. The van der Waals surface area contributed by atoms with Crippen LogP contribution in [0.5, 0.6) is 0 Å². The summed E-state index contributed by atoms with van der Waals surface area (Å²) in [4.78, 5) is 27.6. The second kappa shape index (κ2) is 11.6. The smallest absolute Gasteiger partial charge is 0.324 e. The number of hydrogen-bond donors (Lipinski definition) is 2. The van der Waals surface area contributed by atoms with Crippen LogP contribution < -0.4 is 10.6 Å². The van der Waals surface area contributed by atoms with Gasteiger partial charge in [-0.25, -0.2) is 9.48 Å². The van der Waals surface area contributed by atoms with Crippen LogP contribution in [0.3, 0.4) is 0 Å². The fourth-order valence-corrected chi connectivity index (χ4v) is 5.06. The molecule has 0 saturated carbocycles. The molecular formula is C32H38N6O3. The molecule has 9 nitrogen and oxygen atoms in total. The van der Waals surface area contributed by atoms with Crippen molar-refractivity contribution in [2.24, 2.45) is 5.92 Å². The Morgan fingerprint density at radius 3 is 2.27 bits per heavy atom. The minimum atomic E-state index is -0.327. The molecule has 214 valence electrons. The number of carbonyl (C=O) groups excluding carboxylic acids is 2. The van der Waals surface area contributed by atoms with Crippen molar-refractivity contribution in [2.45, 2.75) is 59.3 Å². The molecule has 1 aliphatic heterocycles. The lowest BCUT2D eigenvalue weighted by atomic mass is 9.90. The van der Waals surface area contributed by atoms with Crippen LogP contribution in [0, 0.1) is 19.8 Å². The van der Waals surface area contributed by atoms with Crippen molar-refractivity contribution in [1.29, 1.82) is 0 Å². The van der Waals surface area contributed by atoms with Crippen LogP contribution >= 0.6 is 0 Å². The van der Waals surface area contributed by atoms with E-state index in [0.717, 1.165) is 49.3 Å². The number of amides is 3. The molecular weight excluding hydrogens is 516 g/mol. The largest absolute Gasteiger partial charge is 0.364 e. The van der Waals surface area contributed by atoms with E-state index in [0.29, 0.717) is 28.7 Å². The summed E-state index contributed by atoms with van der Waals surface area (Å²) >= 11 is 0. The first-order valence-corrected chi connectivity index (χ1v) is 14.1. The Bertz CT molecular complexity index is 1500. The fraction of sp³-hybridized carbons (Fsp3) is 0.375. The highest BCUT2D eigenvalue weighted by Gasteiger charge is 2.26. The van der Waals surface area contributed by atoms with Crippen LogP contribution in [-0.4, -0.2) is 44.9 Å². The molecule has 0 spiro atoms. The van der Waals surface area contributed by atoms with Crippen molar-refractivity contribution in [2.75, 3.05) is 23.7 Å². The number of likely N-dealkylation sites (tertiary alicyclic amines) is 1. The second-order valence-electron chi connectivity index (χ2n) is 11.9. The van der Waals surface area contributed by atoms with Gasteiger partial charge < -0.3 is 14.7 Å². The molecule has 1 saturated heterocycles. The quantitative estimate of drug-likeness (QED) is 0.283. The lowest BCUT2D eigenvalue weighted by Crippen LogP contribution is -2.39. The normalized spacial score (nSPS) is 14.2. The molecule has 0 radical (unpaired) electrons. The van der Waals surface area contributed by atoms with Crippen LogP contribution in [0.15, 0.2) is 65.4 Å². The number of anilines is 2. The van der Waals surface area contributed by atoms with E-state index in [1.165, 1.54) is 11.8 Å². The number of aryl methyl sites for hydroxylation is 2. The third-order valence-electron chi connectivity index (χ3n) is 7.62. The molecule has 1 fully saturated rings. The molecule has 2 aromatic heterocycles. The van der Waals surface area contributed by atoms with E-state index in [-0.39, 0.29) is 17.4 Å². The molecule has 3 amide bonds. The van der Waals surface area contributed by atoms with Crippen molar-refractivity contribution >= 4 is 23.4 Å². The molecule has 0 atom stereocenters. The Labute approximate surface area is 240 Å². The van der Waals surface area contributed by atoms with Crippen molar-refractivity contribution in [3.8, 4) is 5.69 Å². The summed E-state index contributed by atoms with van der Waals surface area (Å²) in [5, 5.41) is 14.5. The zero-order valence-corrected chi connectivity index (χ0v) is 24.4. The molecule has 0 aliphatic carbocycles. The number of piperidine rings is 1. The fourth-order valence-electron chi connectivity index (χ4n) is 5.06. The minimum absolute atomic E-state index is 0.00699. The van der Waals surface area contributed by atoms with Gasteiger partial charge >= 0.3 is 6.03 Å². The maximum absolute atomic E-state index is 13.0. The van der Waals surface area contributed by atoms with Gasteiger partial charge in [-0.1, -0.05) is 55.8 Å². The number of nitrogens with one attached hydrogen (secondary N) is 2. The van der Waals surface area contributed by atoms with E-state index >= 15 is 0 Å². The number of hydrogen-bond acceptors (Lipinski definition) is 5. The zero-order chi connectivity index (χ0) is 29.1. The highest BCUT2D eigenvalue weighted by molar-refractivity contribution is 5.99. The first kappa shape index (κ1) is 28.1. The van der Waals surface area contributed by atoms with E-state index in [1.807, 2.05) is 54.3 Å². The van der Waals surface area contributed by atoms with Crippen LogP contribution in [-0.2, 0) is 11.8 Å². The SMILES string of the molecule is Cc1ccc(-n2nc(C(C)(C)C)cc2NC(=O)Nc2ccc(CC3CCN(C(=O)c4conc4C)CC3)cc2)cc1. The predicted octanol–water partition coefficient (Wildman–Crippen LogP) is 6.51. The molecule has 4 aromatic rings. The van der Waals surface area contributed by atoms with Crippen molar-refractivity contribution in [1.82, 2.24) is 19.8 Å². The number of aromatic nitrogens is 3. The molecule has 0 bridgehead atoms. The molecule has 41 heavy (non-hydrogen) atoms. The number of rotatable bonds is 6. The lowest BCUT2D eigenvalue weighted by molar-refractivity contribution is 0.0689. The predicted molar refractivity (Wildman–Crippen MR) is 160 cm³/mol. The first-order valence-electron chi connectivity index (χ1n) is 14.1. The summed E-state index contributed by atoms with van der Waals surface area (Å²) in [6.07, 6.45) is 4.26. The van der Waals surface area contributed by atoms with Crippen molar-refractivity contribution in [3.05, 3.63) is 88.9 Å². The summed E-state index contributed by atoms with van der Waals surface area (Å²) < 4.78 is 6.70. The average Bonchev–Trinajstić information content (AvgIpc) is 3.56. The molecule has 2 N–H and O–H groups in total. The summed E-state index contributed by atoms with van der Waals surface area (Å²) in [7, 11) is 0. The lowest BCUT2D eigenvalue weighted by Gasteiger charge is -2.32. The van der Waals surface area contributed by atoms with Gasteiger partial charge in [0.05, 0.1) is 17.1 Å². The van der Waals surface area contributed by atoms with Gasteiger partial charge in [0.25, 0.3) is 5.91 Å². The number of urea groups is 1. The van der Waals surface area contributed by atoms with E-state index in [1.54, 1.807) is 11.6 Å². The average molecular weight is 555 g/mol. The number of benzene rings is 2. The third-order valence-corrected chi connectivity index (χ3v) is 7.62. The molecule has 0 unspecified atom stereocenters. The van der Waals surface area contributed by atoms with E-state index < -0.39 is 0 Å².